The molecule has 7 heteroatoms. The summed E-state index contributed by atoms with van der Waals surface area (Å²) in [5.41, 5.74) is 0.886. The molecule has 0 spiro atoms. The fourth-order valence-corrected chi connectivity index (χ4v) is 3.65. The minimum Gasteiger partial charge on any atom is -0.341 e. The third-order valence-electron chi connectivity index (χ3n) is 5.45. The Hall–Kier alpha value is -3.09. The van der Waals surface area contributed by atoms with Crippen molar-refractivity contribution in [2.75, 3.05) is 20.1 Å². The van der Waals surface area contributed by atoms with E-state index in [1.807, 2.05) is 30.3 Å². The summed E-state index contributed by atoms with van der Waals surface area (Å²) in [4.78, 5) is 28.4. The Morgan fingerprint density at radius 3 is 2.23 bits per heavy atom. The largest absolute Gasteiger partial charge is 0.416 e. The van der Waals surface area contributed by atoms with Crippen molar-refractivity contribution in [3.8, 4) is 0 Å². The molecule has 31 heavy (non-hydrogen) atoms. The van der Waals surface area contributed by atoms with Crippen molar-refractivity contribution < 1.29 is 22.8 Å². The highest BCUT2D eigenvalue weighted by molar-refractivity contribution is 5.92. The van der Waals surface area contributed by atoms with Gasteiger partial charge in [-0.15, -0.1) is 0 Å². The van der Waals surface area contributed by atoms with Crippen LogP contribution in [0.15, 0.2) is 60.7 Å². The van der Waals surface area contributed by atoms with Gasteiger partial charge >= 0.3 is 6.18 Å². The maximum Gasteiger partial charge on any atom is 0.416 e. The molecule has 1 fully saturated rings. The molecule has 0 saturated carbocycles. The van der Waals surface area contributed by atoms with Gasteiger partial charge in [-0.1, -0.05) is 42.5 Å². The second-order valence-corrected chi connectivity index (χ2v) is 7.73. The average Bonchev–Trinajstić information content (AvgIpc) is 2.77. The number of amides is 2. The van der Waals surface area contributed by atoms with Gasteiger partial charge in [0.2, 0.25) is 11.8 Å². The normalized spacial score (nSPS) is 15.3. The van der Waals surface area contributed by atoms with Crippen molar-refractivity contribution in [2.24, 2.45) is 5.92 Å². The summed E-state index contributed by atoms with van der Waals surface area (Å²) in [7, 11) is 1.65. The van der Waals surface area contributed by atoms with E-state index >= 15 is 0 Å². The number of piperidine rings is 1. The molecule has 0 bridgehead atoms. The molecular weight excluding hydrogens is 405 g/mol. The van der Waals surface area contributed by atoms with Crippen LogP contribution in [0.4, 0.5) is 13.2 Å². The first-order chi connectivity index (χ1) is 14.7. The number of benzene rings is 2. The van der Waals surface area contributed by atoms with Crippen molar-refractivity contribution in [1.82, 2.24) is 9.80 Å². The lowest BCUT2D eigenvalue weighted by Crippen LogP contribution is -2.42. The van der Waals surface area contributed by atoms with Crippen molar-refractivity contribution in [1.29, 1.82) is 0 Å². The second kappa shape index (κ2) is 9.81. The molecule has 2 aromatic carbocycles. The van der Waals surface area contributed by atoms with Crippen LogP contribution in [0.3, 0.4) is 0 Å². The molecule has 1 saturated heterocycles. The molecule has 1 aliphatic rings. The molecule has 0 N–H and O–H groups in total. The van der Waals surface area contributed by atoms with E-state index in [2.05, 4.69) is 0 Å². The number of hydrogen-bond acceptors (Lipinski definition) is 2. The van der Waals surface area contributed by atoms with Crippen LogP contribution in [0.5, 0.6) is 0 Å². The van der Waals surface area contributed by atoms with Gasteiger partial charge in [0, 0.05) is 38.7 Å². The minimum atomic E-state index is -4.37. The lowest BCUT2D eigenvalue weighted by Gasteiger charge is -2.32. The van der Waals surface area contributed by atoms with Gasteiger partial charge in [0.05, 0.1) is 5.56 Å². The van der Waals surface area contributed by atoms with E-state index in [1.165, 1.54) is 12.1 Å². The van der Waals surface area contributed by atoms with Gasteiger partial charge in [-0.05, 0) is 42.2 Å². The summed E-state index contributed by atoms with van der Waals surface area (Å²) in [6, 6.07) is 14.4. The maximum absolute atomic E-state index is 12.7. The van der Waals surface area contributed by atoms with Crippen LogP contribution < -0.4 is 0 Å². The predicted molar refractivity (Wildman–Crippen MR) is 113 cm³/mol. The zero-order chi connectivity index (χ0) is 22.4. The average molecular weight is 430 g/mol. The van der Waals surface area contributed by atoms with Crippen molar-refractivity contribution >= 4 is 17.9 Å². The number of carbonyl (C=O) groups excluding carboxylic acids is 2. The molecule has 0 aliphatic carbocycles. The minimum absolute atomic E-state index is 0.0492. The van der Waals surface area contributed by atoms with Crippen LogP contribution in [0.1, 0.15) is 29.5 Å². The summed E-state index contributed by atoms with van der Waals surface area (Å²) >= 11 is 0. The Bertz CT molecular complexity index is 916. The molecule has 0 atom stereocenters. The monoisotopic (exact) mass is 430 g/mol. The highest BCUT2D eigenvalue weighted by atomic mass is 19.4. The molecule has 0 aromatic heterocycles. The molecular formula is C24H25F3N2O2. The number of carbonyl (C=O) groups is 2. The fraction of sp³-hybridized carbons (Fsp3) is 0.333. The van der Waals surface area contributed by atoms with Crippen molar-refractivity contribution in [3.63, 3.8) is 0 Å². The summed E-state index contributed by atoms with van der Waals surface area (Å²) in [6.45, 7) is 1.25. The Kier molecular flexibility index (Phi) is 7.15. The predicted octanol–water partition coefficient (Wildman–Crippen LogP) is 4.62. The Morgan fingerprint density at radius 1 is 1.03 bits per heavy atom. The highest BCUT2D eigenvalue weighted by Crippen LogP contribution is 2.29. The molecule has 0 unspecified atom stereocenters. The standard InChI is InChI=1S/C24H25F3N2O2/c1-28(17-19-7-10-21(11-8-19)24(25,26)27)23(31)20-13-15-29(16-14-20)22(30)12-9-18-5-3-2-4-6-18/h2-12,20H,13-17H2,1H3/b12-9+. The van der Waals surface area contributed by atoms with Gasteiger partial charge in [0.15, 0.2) is 0 Å². The first-order valence-corrected chi connectivity index (χ1v) is 10.2. The van der Waals surface area contributed by atoms with E-state index in [0.29, 0.717) is 31.5 Å². The summed E-state index contributed by atoms with van der Waals surface area (Å²) in [6.07, 6.45) is 0.0930. The Morgan fingerprint density at radius 2 is 1.65 bits per heavy atom. The summed E-state index contributed by atoms with van der Waals surface area (Å²) in [5, 5.41) is 0. The van der Waals surface area contributed by atoms with Crippen LogP contribution in [0, 0.1) is 5.92 Å². The number of halogens is 3. The van der Waals surface area contributed by atoms with E-state index in [-0.39, 0.29) is 24.3 Å². The quantitative estimate of drug-likeness (QED) is 0.650. The van der Waals surface area contributed by atoms with E-state index in [1.54, 1.807) is 29.0 Å². The number of likely N-dealkylation sites (tertiary alicyclic amines) is 1. The van der Waals surface area contributed by atoms with Gasteiger partial charge < -0.3 is 9.80 Å². The van der Waals surface area contributed by atoms with Crippen LogP contribution in [-0.2, 0) is 22.3 Å². The van der Waals surface area contributed by atoms with E-state index < -0.39 is 11.7 Å². The first-order valence-electron chi connectivity index (χ1n) is 10.2. The van der Waals surface area contributed by atoms with Crippen LogP contribution in [-0.4, -0.2) is 41.8 Å². The van der Waals surface area contributed by atoms with Gasteiger partial charge in [-0.25, -0.2) is 0 Å². The SMILES string of the molecule is CN(Cc1ccc(C(F)(F)F)cc1)C(=O)C1CCN(C(=O)/C=C/c2ccccc2)CC1. The maximum atomic E-state index is 12.7. The molecule has 3 rings (SSSR count). The molecule has 1 heterocycles. The molecule has 0 radical (unpaired) electrons. The van der Waals surface area contributed by atoms with Crippen molar-refractivity contribution in [2.45, 2.75) is 25.6 Å². The molecule has 4 nitrogen and oxygen atoms in total. The lowest BCUT2D eigenvalue weighted by molar-refractivity contribution is -0.139. The fourth-order valence-electron chi connectivity index (χ4n) is 3.65. The molecule has 164 valence electrons. The molecule has 2 aromatic rings. The third-order valence-corrected chi connectivity index (χ3v) is 5.45. The van der Waals surface area contributed by atoms with Gasteiger partial charge in [-0.2, -0.15) is 13.2 Å². The topological polar surface area (TPSA) is 40.6 Å². The highest BCUT2D eigenvalue weighted by Gasteiger charge is 2.31. The first kappa shape index (κ1) is 22.6. The zero-order valence-corrected chi connectivity index (χ0v) is 17.3. The Labute approximate surface area is 180 Å². The smallest absolute Gasteiger partial charge is 0.341 e. The van der Waals surface area contributed by atoms with E-state index in [9.17, 15) is 22.8 Å². The lowest BCUT2D eigenvalue weighted by atomic mass is 9.95. The Balaban J connectivity index is 1.49. The van der Waals surface area contributed by atoms with Crippen LogP contribution >= 0.6 is 0 Å². The van der Waals surface area contributed by atoms with Crippen LogP contribution in [0.2, 0.25) is 0 Å². The third kappa shape index (κ3) is 6.20. The number of rotatable bonds is 5. The van der Waals surface area contributed by atoms with E-state index in [0.717, 1.165) is 17.7 Å². The van der Waals surface area contributed by atoms with Gasteiger partial charge in [0.1, 0.15) is 0 Å². The zero-order valence-electron chi connectivity index (χ0n) is 17.3. The van der Waals surface area contributed by atoms with Gasteiger partial charge in [-0.3, -0.25) is 9.59 Å². The summed E-state index contributed by atoms with van der Waals surface area (Å²) in [5.74, 6) is -0.318. The number of nitrogens with zero attached hydrogens (tertiary/aromatic N) is 2. The van der Waals surface area contributed by atoms with Crippen LogP contribution in [0.25, 0.3) is 6.08 Å². The summed E-state index contributed by atoms with van der Waals surface area (Å²) < 4.78 is 38.0. The molecule has 2 amide bonds. The molecule has 1 aliphatic heterocycles. The van der Waals surface area contributed by atoms with E-state index in [4.69, 9.17) is 0 Å². The van der Waals surface area contributed by atoms with Crippen molar-refractivity contribution in [3.05, 3.63) is 77.4 Å². The second-order valence-electron chi connectivity index (χ2n) is 7.73. The number of hydrogen-bond donors (Lipinski definition) is 0. The number of alkyl halides is 3. The van der Waals surface area contributed by atoms with Gasteiger partial charge in [0.25, 0.3) is 0 Å².